The van der Waals surface area contributed by atoms with Crippen LogP contribution in [-0.4, -0.2) is 30.9 Å². The van der Waals surface area contributed by atoms with E-state index in [2.05, 4.69) is 16.0 Å². The standard InChI is InChI=1S/C15H21N3O2/c1-3-7-17-14(19)10(2)18-15(20)12-4-5-13-11(9-12)6-8-16-13/h4-5,9-10,16H,3,6-8H2,1-2H3,(H,17,19)(H,18,20). The van der Waals surface area contributed by atoms with Gasteiger partial charge in [0.15, 0.2) is 0 Å². The first kappa shape index (κ1) is 14.4. The number of fused-ring (bicyclic) bond motifs is 1. The summed E-state index contributed by atoms with van der Waals surface area (Å²) in [5.41, 5.74) is 2.85. The lowest BCUT2D eigenvalue weighted by molar-refractivity contribution is -0.122. The summed E-state index contributed by atoms with van der Waals surface area (Å²) in [4.78, 5) is 23.8. The smallest absolute Gasteiger partial charge is 0.251 e. The third-order valence-corrected chi connectivity index (χ3v) is 3.37. The molecule has 2 rings (SSSR count). The number of benzene rings is 1. The van der Waals surface area contributed by atoms with Gasteiger partial charge in [-0.15, -0.1) is 0 Å². The molecular formula is C15H21N3O2. The molecule has 1 aromatic rings. The van der Waals surface area contributed by atoms with Gasteiger partial charge in [0, 0.05) is 24.3 Å². The zero-order chi connectivity index (χ0) is 14.5. The molecule has 1 aromatic carbocycles. The summed E-state index contributed by atoms with van der Waals surface area (Å²) in [7, 11) is 0. The van der Waals surface area contributed by atoms with Gasteiger partial charge in [-0.05, 0) is 43.5 Å². The molecule has 0 spiro atoms. The van der Waals surface area contributed by atoms with E-state index < -0.39 is 6.04 Å². The van der Waals surface area contributed by atoms with Crippen molar-refractivity contribution in [3.05, 3.63) is 29.3 Å². The molecule has 2 amide bonds. The van der Waals surface area contributed by atoms with Gasteiger partial charge in [0.2, 0.25) is 5.91 Å². The van der Waals surface area contributed by atoms with Gasteiger partial charge in [-0.25, -0.2) is 0 Å². The van der Waals surface area contributed by atoms with Gasteiger partial charge in [-0.1, -0.05) is 6.92 Å². The average molecular weight is 275 g/mol. The van der Waals surface area contributed by atoms with Gasteiger partial charge in [-0.2, -0.15) is 0 Å². The van der Waals surface area contributed by atoms with Crippen molar-refractivity contribution < 1.29 is 9.59 Å². The van der Waals surface area contributed by atoms with Crippen LogP contribution in [-0.2, 0) is 11.2 Å². The van der Waals surface area contributed by atoms with Crippen molar-refractivity contribution in [2.45, 2.75) is 32.7 Å². The monoisotopic (exact) mass is 275 g/mol. The maximum Gasteiger partial charge on any atom is 0.251 e. The Labute approximate surface area is 119 Å². The molecule has 20 heavy (non-hydrogen) atoms. The van der Waals surface area contributed by atoms with Crippen LogP contribution in [0.15, 0.2) is 18.2 Å². The lowest BCUT2D eigenvalue weighted by Gasteiger charge is -2.14. The second kappa shape index (κ2) is 6.41. The van der Waals surface area contributed by atoms with E-state index in [0.717, 1.165) is 30.6 Å². The zero-order valence-corrected chi connectivity index (χ0v) is 12.0. The molecule has 1 unspecified atom stereocenters. The minimum Gasteiger partial charge on any atom is -0.384 e. The van der Waals surface area contributed by atoms with E-state index in [1.165, 1.54) is 0 Å². The highest BCUT2D eigenvalue weighted by molar-refractivity contribution is 5.98. The summed E-state index contributed by atoms with van der Waals surface area (Å²) < 4.78 is 0. The highest BCUT2D eigenvalue weighted by atomic mass is 16.2. The minimum absolute atomic E-state index is 0.150. The summed E-state index contributed by atoms with van der Waals surface area (Å²) >= 11 is 0. The SMILES string of the molecule is CCCNC(=O)C(C)NC(=O)c1ccc2c(c1)CCN2. The van der Waals surface area contributed by atoms with Crippen LogP contribution < -0.4 is 16.0 Å². The fourth-order valence-electron chi connectivity index (χ4n) is 2.19. The molecule has 5 heteroatoms. The maximum absolute atomic E-state index is 12.1. The highest BCUT2D eigenvalue weighted by Gasteiger charge is 2.18. The molecule has 0 aromatic heterocycles. The van der Waals surface area contributed by atoms with Gasteiger partial charge in [0.25, 0.3) is 5.91 Å². The minimum atomic E-state index is -0.527. The molecule has 1 aliphatic rings. The van der Waals surface area contributed by atoms with Crippen LogP contribution in [0.3, 0.4) is 0 Å². The zero-order valence-electron chi connectivity index (χ0n) is 12.0. The molecule has 1 aliphatic heterocycles. The van der Waals surface area contributed by atoms with Crippen molar-refractivity contribution in [1.29, 1.82) is 0 Å². The van der Waals surface area contributed by atoms with Crippen molar-refractivity contribution in [2.75, 3.05) is 18.4 Å². The largest absolute Gasteiger partial charge is 0.384 e. The summed E-state index contributed by atoms with van der Waals surface area (Å²) in [6, 6.07) is 5.06. The van der Waals surface area contributed by atoms with Crippen molar-refractivity contribution in [2.24, 2.45) is 0 Å². The predicted octanol–water partition coefficient (Wildman–Crippen LogP) is 1.30. The quantitative estimate of drug-likeness (QED) is 0.758. The lowest BCUT2D eigenvalue weighted by atomic mass is 10.1. The number of carbonyl (C=O) groups excluding carboxylic acids is 2. The number of nitrogens with one attached hydrogen (secondary N) is 3. The summed E-state index contributed by atoms with van der Waals surface area (Å²) in [6.07, 6.45) is 1.81. The Balaban J connectivity index is 1.96. The van der Waals surface area contributed by atoms with Crippen molar-refractivity contribution in [1.82, 2.24) is 10.6 Å². The lowest BCUT2D eigenvalue weighted by Crippen LogP contribution is -2.45. The van der Waals surface area contributed by atoms with Crippen LogP contribution in [0.1, 0.15) is 36.2 Å². The first-order valence-corrected chi connectivity index (χ1v) is 7.07. The molecule has 0 saturated heterocycles. The van der Waals surface area contributed by atoms with Crippen LogP contribution in [0.2, 0.25) is 0 Å². The second-order valence-corrected chi connectivity index (χ2v) is 5.03. The fraction of sp³-hybridized carbons (Fsp3) is 0.467. The second-order valence-electron chi connectivity index (χ2n) is 5.03. The van der Waals surface area contributed by atoms with E-state index in [-0.39, 0.29) is 11.8 Å². The number of amides is 2. The number of anilines is 1. The third kappa shape index (κ3) is 3.29. The topological polar surface area (TPSA) is 70.2 Å². The Morgan fingerprint density at radius 2 is 2.20 bits per heavy atom. The molecule has 3 N–H and O–H groups in total. The summed E-state index contributed by atoms with van der Waals surface area (Å²) in [5, 5.41) is 8.74. The fourth-order valence-corrected chi connectivity index (χ4v) is 2.19. The molecule has 0 bridgehead atoms. The van der Waals surface area contributed by atoms with Crippen LogP contribution in [0.4, 0.5) is 5.69 Å². The van der Waals surface area contributed by atoms with E-state index >= 15 is 0 Å². The molecular weight excluding hydrogens is 254 g/mol. The van der Waals surface area contributed by atoms with Crippen molar-refractivity contribution in [3.8, 4) is 0 Å². The molecule has 0 saturated carbocycles. The van der Waals surface area contributed by atoms with E-state index in [0.29, 0.717) is 12.1 Å². The van der Waals surface area contributed by atoms with Gasteiger partial charge in [0.05, 0.1) is 0 Å². The Morgan fingerprint density at radius 1 is 1.40 bits per heavy atom. The Morgan fingerprint density at radius 3 is 2.95 bits per heavy atom. The van der Waals surface area contributed by atoms with E-state index in [1.54, 1.807) is 13.0 Å². The molecule has 5 nitrogen and oxygen atoms in total. The van der Waals surface area contributed by atoms with Crippen LogP contribution in [0.25, 0.3) is 0 Å². The van der Waals surface area contributed by atoms with Crippen molar-refractivity contribution in [3.63, 3.8) is 0 Å². The van der Waals surface area contributed by atoms with E-state index in [1.807, 2.05) is 19.1 Å². The van der Waals surface area contributed by atoms with Gasteiger partial charge in [0.1, 0.15) is 6.04 Å². The molecule has 1 heterocycles. The number of hydrogen-bond acceptors (Lipinski definition) is 3. The Hall–Kier alpha value is -2.04. The van der Waals surface area contributed by atoms with Crippen LogP contribution in [0, 0.1) is 0 Å². The predicted molar refractivity (Wildman–Crippen MR) is 78.9 cm³/mol. The maximum atomic E-state index is 12.1. The third-order valence-electron chi connectivity index (χ3n) is 3.37. The summed E-state index contributed by atoms with van der Waals surface area (Å²) in [6.45, 7) is 5.22. The van der Waals surface area contributed by atoms with Crippen molar-refractivity contribution >= 4 is 17.5 Å². The first-order valence-electron chi connectivity index (χ1n) is 7.07. The Bertz CT molecular complexity index is 514. The average Bonchev–Trinajstić information content (AvgIpc) is 2.91. The van der Waals surface area contributed by atoms with Gasteiger partial charge < -0.3 is 16.0 Å². The normalized spacial score (nSPS) is 14.1. The number of carbonyl (C=O) groups is 2. The van der Waals surface area contributed by atoms with Gasteiger partial charge >= 0.3 is 0 Å². The highest BCUT2D eigenvalue weighted by Crippen LogP contribution is 2.22. The van der Waals surface area contributed by atoms with E-state index in [4.69, 9.17) is 0 Å². The molecule has 1 atom stereocenters. The summed E-state index contributed by atoms with van der Waals surface area (Å²) in [5.74, 6) is -0.359. The number of hydrogen-bond donors (Lipinski definition) is 3. The molecule has 0 aliphatic carbocycles. The Kier molecular flexibility index (Phi) is 4.61. The van der Waals surface area contributed by atoms with Crippen LogP contribution in [0.5, 0.6) is 0 Å². The molecule has 108 valence electrons. The molecule has 0 fully saturated rings. The first-order chi connectivity index (χ1) is 9.61. The number of rotatable bonds is 5. The van der Waals surface area contributed by atoms with Gasteiger partial charge in [-0.3, -0.25) is 9.59 Å². The van der Waals surface area contributed by atoms with Crippen LogP contribution >= 0.6 is 0 Å². The van der Waals surface area contributed by atoms with E-state index in [9.17, 15) is 9.59 Å². The molecule has 0 radical (unpaired) electrons.